The minimum absolute atomic E-state index is 0.00694. The molecule has 0 saturated carbocycles. The summed E-state index contributed by atoms with van der Waals surface area (Å²) >= 11 is 0. The quantitative estimate of drug-likeness (QED) is 0.626. The Labute approximate surface area is 61.1 Å². The van der Waals surface area contributed by atoms with Gasteiger partial charge in [0.1, 0.15) is 6.33 Å². The van der Waals surface area contributed by atoms with Crippen molar-refractivity contribution in [3.05, 3.63) is 24.3 Å². The van der Waals surface area contributed by atoms with Crippen molar-refractivity contribution in [2.45, 2.75) is 12.6 Å². The SMILES string of the molecule is FC(F)(F)Cc1ccncn1. The number of aromatic nitrogens is 2. The first-order chi connectivity index (χ1) is 5.08. The Balaban J connectivity index is 2.66. The van der Waals surface area contributed by atoms with Crippen LogP contribution in [0.25, 0.3) is 0 Å². The topological polar surface area (TPSA) is 25.8 Å². The summed E-state index contributed by atoms with van der Waals surface area (Å²) in [5.74, 6) is 0. The molecular formula is C6H5F3N2. The molecule has 1 rings (SSSR count). The predicted molar refractivity (Wildman–Crippen MR) is 31.8 cm³/mol. The van der Waals surface area contributed by atoms with Crippen molar-refractivity contribution in [3.8, 4) is 0 Å². The molecule has 0 atom stereocenters. The number of hydrogen-bond donors (Lipinski definition) is 0. The first-order valence-corrected chi connectivity index (χ1v) is 2.89. The summed E-state index contributed by atoms with van der Waals surface area (Å²) in [7, 11) is 0. The van der Waals surface area contributed by atoms with Crippen LogP contribution in [0.4, 0.5) is 13.2 Å². The second-order valence-electron chi connectivity index (χ2n) is 1.99. The van der Waals surface area contributed by atoms with E-state index in [2.05, 4.69) is 9.97 Å². The van der Waals surface area contributed by atoms with Gasteiger partial charge < -0.3 is 0 Å². The average molecular weight is 162 g/mol. The van der Waals surface area contributed by atoms with Gasteiger partial charge in [0, 0.05) is 6.20 Å². The second kappa shape index (κ2) is 2.86. The molecule has 0 unspecified atom stereocenters. The molecule has 0 N–H and O–H groups in total. The van der Waals surface area contributed by atoms with Crippen LogP contribution in [-0.4, -0.2) is 16.1 Å². The fraction of sp³-hybridized carbons (Fsp3) is 0.333. The Kier molecular flexibility index (Phi) is 2.07. The first-order valence-electron chi connectivity index (χ1n) is 2.89. The normalized spacial score (nSPS) is 11.5. The van der Waals surface area contributed by atoms with Crippen LogP contribution in [0.3, 0.4) is 0 Å². The molecule has 1 heterocycles. The highest BCUT2D eigenvalue weighted by molar-refractivity contribution is 4.99. The molecule has 0 radical (unpaired) electrons. The molecule has 0 bridgehead atoms. The van der Waals surface area contributed by atoms with Crippen LogP contribution in [-0.2, 0) is 6.42 Å². The van der Waals surface area contributed by atoms with Gasteiger partial charge in [0.25, 0.3) is 0 Å². The van der Waals surface area contributed by atoms with E-state index in [1.54, 1.807) is 0 Å². The monoisotopic (exact) mass is 162 g/mol. The summed E-state index contributed by atoms with van der Waals surface area (Å²) in [6.07, 6.45) is -2.79. The van der Waals surface area contributed by atoms with Crippen LogP contribution < -0.4 is 0 Å². The third kappa shape index (κ3) is 2.97. The molecule has 1 aromatic rings. The maximum Gasteiger partial charge on any atom is 0.394 e. The van der Waals surface area contributed by atoms with Gasteiger partial charge in [0.2, 0.25) is 0 Å². The summed E-state index contributed by atoms with van der Waals surface area (Å²) in [6.45, 7) is 0. The molecule has 0 aliphatic carbocycles. The van der Waals surface area contributed by atoms with E-state index in [4.69, 9.17) is 0 Å². The van der Waals surface area contributed by atoms with E-state index < -0.39 is 12.6 Å². The zero-order chi connectivity index (χ0) is 8.32. The van der Waals surface area contributed by atoms with Gasteiger partial charge in [-0.05, 0) is 6.07 Å². The lowest BCUT2D eigenvalue weighted by Crippen LogP contribution is -2.12. The highest BCUT2D eigenvalue weighted by Crippen LogP contribution is 2.19. The molecule has 1 aromatic heterocycles. The number of halogens is 3. The largest absolute Gasteiger partial charge is 0.394 e. The van der Waals surface area contributed by atoms with E-state index in [9.17, 15) is 13.2 Å². The third-order valence-corrected chi connectivity index (χ3v) is 1.02. The highest BCUT2D eigenvalue weighted by Gasteiger charge is 2.28. The summed E-state index contributed by atoms with van der Waals surface area (Å²) in [5.41, 5.74) is -0.00694. The van der Waals surface area contributed by atoms with Crippen molar-refractivity contribution < 1.29 is 13.2 Å². The van der Waals surface area contributed by atoms with Crippen LogP contribution in [0, 0.1) is 0 Å². The van der Waals surface area contributed by atoms with Crippen molar-refractivity contribution in [3.63, 3.8) is 0 Å². The zero-order valence-electron chi connectivity index (χ0n) is 5.47. The third-order valence-electron chi connectivity index (χ3n) is 1.02. The van der Waals surface area contributed by atoms with Gasteiger partial charge in [0.15, 0.2) is 0 Å². The minimum Gasteiger partial charge on any atom is -0.245 e. The maximum absolute atomic E-state index is 11.7. The first kappa shape index (κ1) is 7.97. The van der Waals surface area contributed by atoms with Crippen LogP contribution in [0.5, 0.6) is 0 Å². The Morgan fingerprint density at radius 1 is 1.36 bits per heavy atom. The molecule has 0 aliphatic heterocycles. The summed E-state index contributed by atoms with van der Waals surface area (Å²) < 4.78 is 35.0. The molecule has 0 aliphatic rings. The molecule has 11 heavy (non-hydrogen) atoms. The smallest absolute Gasteiger partial charge is 0.245 e. The van der Waals surface area contributed by atoms with E-state index in [-0.39, 0.29) is 5.69 Å². The molecule has 0 aromatic carbocycles. The Hall–Kier alpha value is -1.13. The van der Waals surface area contributed by atoms with Crippen LogP contribution >= 0.6 is 0 Å². The molecular weight excluding hydrogens is 157 g/mol. The lowest BCUT2D eigenvalue weighted by molar-refractivity contribution is -0.127. The Morgan fingerprint density at radius 3 is 2.55 bits per heavy atom. The van der Waals surface area contributed by atoms with E-state index in [1.165, 1.54) is 12.3 Å². The lowest BCUT2D eigenvalue weighted by atomic mass is 10.3. The molecule has 0 saturated heterocycles. The Bertz CT molecular complexity index is 219. The molecule has 60 valence electrons. The van der Waals surface area contributed by atoms with Crippen molar-refractivity contribution in [1.29, 1.82) is 0 Å². The van der Waals surface area contributed by atoms with Crippen molar-refractivity contribution >= 4 is 0 Å². The van der Waals surface area contributed by atoms with Gasteiger partial charge in [0.05, 0.1) is 12.1 Å². The number of rotatable bonds is 1. The summed E-state index contributed by atoms with van der Waals surface area (Å²) in [6, 6.07) is 1.24. The maximum atomic E-state index is 11.7. The van der Waals surface area contributed by atoms with Gasteiger partial charge in [-0.15, -0.1) is 0 Å². The summed E-state index contributed by atoms with van der Waals surface area (Å²) in [5, 5.41) is 0. The fourth-order valence-corrected chi connectivity index (χ4v) is 0.628. The number of nitrogens with zero attached hydrogens (tertiary/aromatic N) is 2. The van der Waals surface area contributed by atoms with Gasteiger partial charge in [-0.25, -0.2) is 9.97 Å². The van der Waals surface area contributed by atoms with E-state index >= 15 is 0 Å². The van der Waals surface area contributed by atoms with Crippen LogP contribution in [0.2, 0.25) is 0 Å². The number of hydrogen-bond acceptors (Lipinski definition) is 2. The van der Waals surface area contributed by atoms with E-state index in [1.807, 2.05) is 0 Å². The van der Waals surface area contributed by atoms with Gasteiger partial charge >= 0.3 is 6.18 Å². The standard InChI is InChI=1S/C6H5F3N2/c7-6(8,9)3-5-1-2-10-4-11-5/h1-2,4H,3H2. The predicted octanol–water partition coefficient (Wildman–Crippen LogP) is 1.58. The van der Waals surface area contributed by atoms with Crippen LogP contribution in [0.15, 0.2) is 18.6 Å². The van der Waals surface area contributed by atoms with E-state index in [0.29, 0.717) is 0 Å². The minimum atomic E-state index is -4.19. The van der Waals surface area contributed by atoms with Crippen molar-refractivity contribution in [2.24, 2.45) is 0 Å². The molecule has 0 fully saturated rings. The molecule has 2 nitrogen and oxygen atoms in total. The van der Waals surface area contributed by atoms with Gasteiger partial charge in [-0.1, -0.05) is 0 Å². The average Bonchev–Trinajstić information content (AvgIpc) is 1.85. The highest BCUT2D eigenvalue weighted by atomic mass is 19.4. The molecule has 0 spiro atoms. The molecule has 5 heteroatoms. The van der Waals surface area contributed by atoms with Crippen molar-refractivity contribution in [2.75, 3.05) is 0 Å². The number of alkyl halides is 3. The van der Waals surface area contributed by atoms with Gasteiger partial charge in [-0.2, -0.15) is 13.2 Å². The molecule has 0 amide bonds. The van der Waals surface area contributed by atoms with E-state index in [0.717, 1.165) is 6.33 Å². The van der Waals surface area contributed by atoms with Crippen LogP contribution in [0.1, 0.15) is 5.69 Å². The second-order valence-corrected chi connectivity index (χ2v) is 1.99. The lowest BCUT2D eigenvalue weighted by Gasteiger charge is -2.03. The summed E-state index contributed by atoms with van der Waals surface area (Å²) in [4.78, 5) is 6.93. The fourth-order valence-electron chi connectivity index (χ4n) is 0.628. The Morgan fingerprint density at radius 2 is 2.09 bits per heavy atom. The van der Waals surface area contributed by atoms with Crippen molar-refractivity contribution in [1.82, 2.24) is 9.97 Å². The zero-order valence-corrected chi connectivity index (χ0v) is 5.47. The van der Waals surface area contributed by atoms with Gasteiger partial charge in [-0.3, -0.25) is 0 Å².